The summed E-state index contributed by atoms with van der Waals surface area (Å²) >= 11 is 0. The van der Waals surface area contributed by atoms with Crippen LogP contribution in [0.2, 0.25) is 0 Å². The van der Waals surface area contributed by atoms with Gasteiger partial charge < -0.3 is 5.32 Å². The molecule has 3 amide bonds. The molecule has 0 heterocycles. The SMILES string of the molecule is CCN(CC(=O)NC(=O)NCC(C)C)Cc1cccc(F)c1. The van der Waals surface area contributed by atoms with E-state index in [0.29, 0.717) is 25.6 Å². The molecular weight excluding hydrogens is 285 g/mol. The lowest BCUT2D eigenvalue weighted by Crippen LogP contribution is -2.45. The van der Waals surface area contributed by atoms with Crippen molar-refractivity contribution in [2.45, 2.75) is 27.3 Å². The Balaban J connectivity index is 2.44. The molecule has 6 heteroatoms. The van der Waals surface area contributed by atoms with Gasteiger partial charge in [0, 0.05) is 13.1 Å². The molecule has 0 fully saturated rings. The van der Waals surface area contributed by atoms with Crippen LogP contribution in [0, 0.1) is 11.7 Å². The van der Waals surface area contributed by atoms with E-state index in [1.54, 1.807) is 12.1 Å². The second-order valence-electron chi connectivity index (χ2n) is 5.59. The molecule has 0 saturated carbocycles. The second-order valence-corrected chi connectivity index (χ2v) is 5.59. The minimum Gasteiger partial charge on any atom is -0.338 e. The molecule has 1 rings (SSSR count). The summed E-state index contributed by atoms with van der Waals surface area (Å²) in [5, 5.41) is 4.91. The topological polar surface area (TPSA) is 61.4 Å². The number of carbonyl (C=O) groups excluding carboxylic acids is 2. The van der Waals surface area contributed by atoms with Gasteiger partial charge >= 0.3 is 6.03 Å². The van der Waals surface area contributed by atoms with E-state index in [-0.39, 0.29) is 18.3 Å². The number of imide groups is 1. The Morgan fingerprint density at radius 3 is 2.64 bits per heavy atom. The predicted molar refractivity (Wildman–Crippen MR) is 83.7 cm³/mol. The van der Waals surface area contributed by atoms with Gasteiger partial charge in [0.1, 0.15) is 5.82 Å². The Labute approximate surface area is 130 Å². The molecule has 0 aromatic heterocycles. The van der Waals surface area contributed by atoms with Crippen molar-refractivity contribution >= 4 is 11.9 Å². The van der Waals surface area contributed by atoms with Crippen LogP contribution in [-0.2, 0) is 11.3 Å². The Morgan fingerprint density at radius 1 is 1.32 bits per heavy atom. The van der Waals surface area contributed by atoms with Crippen LogP contribution < -0.4 is 10.6 Å². The molecule has 122 valence electrons. The highest BCUT2D eigenvalue weighted by Gasteiger charge is 2.13. The minimum atomic E-state index is -0.486. The molecular formula is C16H24FN3O2. The van der Waals surface area contributed by atoms with Gasteiger partial charge in [-0.15, -0.1) is 0 Å². The van der Waals surface area contributed by atoms with Gasteiger partial charge in [0.15, 0.2) is 0 Å². The lowest BCUT2D eigenvalue weighted by atomic mass is 10.2. The van der Waals surface area contributed by atoms with Crippen molar-refractivity contribution in [1.82, 2.24) is 15.5 Å². The average molecular weight is 309 g/mol. The van der Waals surface area contributed by atoms with Gasteiger partial charge in [-0.3, -0.25) is 15.0 Å². The number of benzene rings is 1. The third-order valence-electron chi connectivity index (χ3n) is 3.03. The number of urea groups is 1. The molecule has 0 aliphatic carbocycles. The lowest BCUT2D eigenvalue weighted by molar-refractivity contribution is -0.121. The number of hydrogen-bond acceptors (Lipinski definition) is 3. The largest absolute Gasteiger partial charge is 0.338 e. The zero-order valence-corrected chi connectivity index (χ0v) is 13.4. The number of nitrogens with one attached hydrogen (secondary N) is 2. The van der Waals surface area contributed by atoms with Gasteiger partial charge in [-0.25, -0.2) is 9.18 Å². The van der Waals surface area contributed by atoms with Crippen LogP contribution in [0.4, 0.5) is 9.18 Å². The summed E-state index contributed by atoms with van der Waals surface area (Å²) in [6, 6.07) is 5.78. The van der Waals surface area contributed by atoms with Crippen molar-refractivity contribution < 1.29 is 14.0 Å². The minimum absolute atomic E-state index is 0.0854. The molecule has 1 aromatic carbocycles. The maximum absolute atomic E-state index is 13.2. The molecule has 2 N–H and O–H groups in total. The first-order valence-corrected chi connectivity index (χ1v) is 7.45. The molecule has 5 nitrogen and oxygen atoms in total. The van der Waals surface area contributed by atoms with E-state index in [1.807, 2.05) is 25.7 Å². The summed E-state index contributed by atoms with van der Waals surface area (Å²) in [6.45, 7) is 7.53. The van der Waals surface area contributed by atoms with Crippen LogP contribution in [-0.4, -0.2) is 36.5 Å². The van der Waals surface area contributed by atoms with Crippen LogP contribution in [0.3, 0.4) is 0 Å². The van der Waals surface area contributed by atoms with Gasteiger partial charge in [0.05, 0.1) is 6.54 Å². The summed E-state index contributed by atoms with van der Waals surface area (Å²) in [7, 11) is 0. The van der Waals surface area contributed by atoms with Gasteiger partial charge in [-0.2, -0.15) is 0 Å². The fourth-order valence-electron chi connectivity index (χ4n) is 1.88. The number of carbonyl (C=O) groups is 2. The zero-order valence-electron chi connectivity index (χ0n) is 13.4. The number of halogens is 1. The highest BCUT2D eigenvalue weighted by molar-refractivity contribution is 5.95. The molecule has 0 aliphatic rings. The first-order chi connectivity index (χ1) is 10.4. The first kappa shape index (κ1) is 18.1. The number of amides is 3. The quantitative estimate of drug-likeness (QED) is 0.811. The van der Waals surface area contributed by atoms with Crippen molar-refractivity contribution in [1.29, 1.82) is 0 Å². The van der Waals surface area contributed by atoms with E-state index in [1.165, 1.54) is 12.1 Å². The molecule has 0 aliphatic heterocycles. The Bertz CT molecular complexity index is 506. The summed E-state index contributed by atoms with van der Waals surface area (Å²) < 4.78 is 13.2. The average Bonchev–Trinajstić information content (AvgIpc) is 2.44. The molecule has 1 aromatic rings. The highest BCUT2D eigenvalue weighted by Crippen LogP contribution is 2.07. The first-order valence-electron chi connectivity index (χ1n) is 7.45. The van der Waals surface area contributed by atoms with Gasteiger partial charge in [-0.05, 0) is 30.2 Å². The fourth-order valence-corrected chi connectivity index (χ4v) is 1.88. The van der Waals surface area contributed by atoms with Crippen molar-refractivity contribution in [2.75, 3.05) is 19.6 Å². The summed E-state index contributed by atoms with van der Waals surface area (Å²) in [5.74, 6) is -0.355. The van der Waals surface area contributed by atoms with Crippen molar-refractivity contribution in [3.8, 4) is 0 Å². The van der Waals surface area contributed by atoms with Crippen molar-refractivity contribution in [3.05, 3.63) is 35.6 Å². The standard InChI is InChI=1S/C16H24FN3O2/c1-4-20(10-13-6-5-7-14(17)8-13)11-15(21)19-16(22)18-9-12(2)3/h5-8,12H,4,9-11H2,1-3H3,(H2,18,19,21,22). The number of nitrogens with zero attached hydrogens (tertiary/aromatic N) is 1. The lowest BCUT2D eigenvalue weighted by Gasteiger charge is -2.19. The molecule has 0 spiro atoms. The molecule has 0 radical (unpaired) electrons. The third-order valence-corrected chi connectivity index (χ3v) is 3.03. The second kappa shape index (κ2) is 9.15. The van der Waals surface area contributed by atoms with Crippen molar-refractivity contribution in [2.24, 2.45) is 5.92 Å². The van der Waals surface area contributed by atoms with Gasteiger partial charge in [0.25, 0.3) is 0 Å². The van der Waals surface area contributed by atoms with Crippen molar-refractivity contribution in [3.63, 3.8) is 0 Å². The van der Waals surface area contributed by atoms with Crippen LogP contribution in [0.5, 0.6) is 0 Å². The zero-order chi connectivity index (χ0) is 16.5. The fraction of sp³-hybridized carbons (Fsp3) is 0.500. The summed E-state index contributed by atoms with van der Waals surface area (Å²) in [4.78, 5) is 25.2. The highest BCUT2D eigenvalue weighted by atomic mass is 19.1. The van der Waals surface area contributed by atoms with Crippen LogP contribution in [0.15, 0.2) is 24.3 Å². The van der Waals surface area contributed by atoms with Crippen LogP contribution in [0.25, 0.3) is 0 Å². The summed E-state index contributed by atoms with van der Waals surface area (Å²) in [5.41, 5.74) is 0.791. The normalized spacial score (nSPS) is 10.8. The van der Waals surface area contributed by atoms with E-state index in [2.05, 4.69) is 10.6 Å². The Kier molecular flexibility index (Phi) is 7.52. The monoisotopic (exact) mass is 309 g/mol. The summed E-state index contributed by atoms with van der Waals surface area (Å²) in [6.07, 6.45) is 0. The van der Waals surface area contributed by atoms with Gasteiger partial charge in [-0.1, -0.05) is 32.9 Å². The molecule has 22 heavy (non-hydrogen) atoms. The Hall–Kier alpha value is -1.95. The van der Waals surface area contributed by atoms with Crippen LogP contribution in [0.1, 0.15) is 26.3 Å². The maximum atomic E-state index is 13.2. The predicted octanol–water partition coefficient (Wildman–Crippen LogP) is 2.13. The molecule has 0 bridgehead atoms. The van der Waals surface area contributed by atoms with E-state index < -0.39 is 6.03 Å². The van der Waals surface area contributed by atoms with E-state index in [4.69, 9.17) is 0 Å². The maximum Gasteiger partial charge on any atom is 0.321 e. The smallest absolute Gasteiger partial charge is 0.321 e. The third kappa shape index (κ3) is 7.17. The van der Waals surface area contributed by atoms with Gasteiger partial charge in [0.2, 0.25) is 5.91 Å². The Morgan fingerprint density at radius 2 is 2.05 bits per heavy atom. The van der Waals surface area contributed by atoms with Crippen LogP contribution >= 0.6 is 0 Å². The van der Waals surface area contributed by atoms with E-state index in [0.717, 1.165) is 5.56 Å². The molecule has 0 atom stereocenters. The number of likely N-dealkylation sites (N-methyl/N-ethyl adjacent to an activating group) is 1. The van der Waals surface area contributed by atoms with E-state index in [9.17, 15) is 14.0 Å². The molecule has 0 saturated heterocycles. The number of hydrogen-bond donors (Lipinski definition) is 2. The van der Waals surface area contributed by atoms with E-state index >= 15 is 0 Å². The molecule has 0 unspecified atom stereocenters. The number of rotatable bonds is 7.